The average Bonchev–Trinajstić information content (AvgIpc) is 3.18. The van der Waals surface area contributed by atoms with Gasteiger partial charge in [0.1, 0.15) is 10.6 Å². The Kier molecular flexibility index (Phi) is 7.72. The van der Waals surface area contributed by atoms with Gasteiger partial charge in [-0.15, -0.1) is 0 Å². The number of aromatic nitrogens is 1. The van der Waals surface area contributed by atoms with Crippen molar-refractivity contribution in [2.24, 2.45) is 0 Å². The van der Waals surface area contributed by atoms with Gasteiger partial charge in [-0.25, -0.2) is 9.78 Å². The van der Waals surface area contributed by atoms with Crippen LogP contribution in [0.3, 0.4) is 0 Å². The second kappa shape index (κ2) is 10.7. The van der Waals surface area contributed by atoms with E-state index in [4.69, 9.17) is 9.47 Å². The summed E-state index contributed by atoms with van der Waals surface area (Å²) in [5, 5.41) is 0.398. The molecule has 0 atom stereocenters. The zero-order valence-electron chi connectivity index (χ0n) is 18.2. The second-order valence-electron chi connectivity index (χ2n) is 6.97. The van der Waals surface area contributed by atoms with E-state index in [2.05, 4.69) is 4.98 Å². The Hall–Kier alpha value is -3.52. The third-order valence-electron chi connectivity index (χ3n) is 4.58. The van der Waals surface area contributed by atoms with E-state index in [1.165, 1.54) is 11.8 Å². The predicted molar refractivity (Wildman–Crippen MR) is 122 cm³/mol. The van der Waals surface area contributed by atoms with Crippen molar-refractivity contribution in [3.8, 4) is 5.75 Å². The third-order valence-corrected chi connectivity index (χ3v) is 5.75. The van der Waals surface area contributed by atoms with Crippen molar-refractivity contribution in [2.45, 2.75) is 27.3 Å². The van der Waals surface area contributed by atoms with Crippen LogP contribution in [0.1, 0.15) is 45.1 Å². The number of hydrogen-bond acceptors (Lipinski definition) is 7. The van der Waals surface area contributed by atoms with Crippen LogP contribution in [0, 0.1) is 6.92 Å². The zero-order valence-corrected chi connectivity index (χ0v) is 19.0. The molecule has 0 bridgehead atoms. The molecule has 0 saturated heterocycles. The first-order valence-electron chi connectivity index (χ1n) is 10.1. The molecule has 3 rings (SSSR count). The van der Waals surface area contributed by atoms with Gasteiger partial charge in [0.05, 0.1) is 18.8 Å². The fourth-order valence-corrected chi connectivity index (χ4v) is 3.90. The largest absolute Gasteiger partial charge is 0.484 e. The number of anilines is 1. The standard InChI is InChI=1S/C24H24N2O5S/c1-4-30-23(29)22-16(2)25-24(32-22)26(14-18-8-6-5-7-9-18)21(28)15-31-20-12-10-19(11-13-20)17(3)27/h5-13H,4,14-15H2,1-3H3. The Morgan fingerprint density at radius 3 is 2.34 bits per heavy atom. The average molecular weight is 453 g/mol. The van der Waals surface area contributed by atoms with E-state index in [9.17, 15) is 14.4 Å². The number of aryl methyl sites for hydroxylation is 1. The molecule has 0 fully saturated rings. The van der Waals surface area contributed by atoms with Gasteiger partial charge in [0.15, 0.2) is 17.5 Å². The van der Waals surface area contributed by atoms with Gasteiger partial charge in [-0.1, -0.05) is 41.7 Å². The molecule has 7 nitrogen and oxygen atoms in total. The van der Waals surface area contributed by atoms with Gasteiger partial charge in [-0.3, -0.25) is 14.5 Å². The quantitative estimate of drug-likeness (QED) is 0.352. The summed E-state index contributed by atoms with van der Waals surface area (Å²) in [6.07, 6.45) is 0. The molecular weight excluding hydrogens is 428 g/mol. The van der Waals surface area contributed by atoms with Crippen LogP contribution >= 0.6 is 11.3 Å². The lowest BCUT2D eigenvalue weighted by atomic mass is 10.1. The van der Waals surface area contributed by atoms with E-state index in [0.717, 1.165) is 16.9 Å². The van der Waals surface area contributed by atoms with E-state index in [1.54, 1.807) is 38.1 Å². The number of rotatable bonds is 9. The van der Waals surface area contributed by atoms with Gasteiger partial charge in [-0.05, 0) is 50.6 Å². The molecule has 0 N–H and O–H groups in total. The first kappa shape index (κ1) is 23.1. The molecule has 0 aliphatic heterocycles. The van der Waals surface area contributed by atoms with E-state index < -0.39 is 5.97 Å². The zero-order chi connectivity index (χ0) is 23.1. The van der Waals surface area contributed by atoms with E-state index >= 15 is 0 Å². The monoisotopic (exact) mass is 452 g/mol. The minimum Gasteiger partial charge on any atom is -0.484 e. The molecule has 3 aromatic rings. The normalized spacial score (nSPS) is 10.5. The summed E-state index contributed by atoms with van der Waals surface area (Å²) in [5.41, 5.74) is 1.99. The maximum atomic E-state index is 13.1. The molecule has 0 aliphatic carbocycles. The summed E-state index contributed by atoms with van der Waals surface area (Å²) < 4.78 is 10.7. The van der Waals surface area contributed by atoms with Crippen molar-refractivity contribution in [1.82, 2.24) is 4.98 Å². The molecule has 0 spiro atoms. The molecule has 0 radical (unpaired) electrons. The van der Waals surface area contributed by atoms with Gasteiger partial charge in [-0.2, -0.15) is 0 Å². The number of hydrogen-bond donors (Lipinski definition) is 0. The van der Waals surface area contributed by atoms with Crippen LogP contribution in [0.2, 0.25) is 0 Å². The van der Waals surface area contributed by atoms with Crippen LogP contribution in [-0.4, -0.2) is 35.9 Å². The molecule has 166 valence electrons. The van der Waals surface area contributed by atoms with Crippen molar-refractivity contribution >= 4 is 34.1 Å². The van der Waals surface area contributed by atoms with Crippen molar-refractivity contribution in [1.29, 1.82) is 0 Å². The van der Waals surface area contributed by atoms with Crippen LogP contribution in [-0.2, 0) is 16.1 Å². The number of amides is 1. The molecule has 2 aromatic carbocycles. The second-order valence-corrected chi connectivity index (χ2v) is 7.94. The number of Topliss-reactive ketones (excluding diaryl/α,β-unsaturated/α-hetero) is 1. The summed E-state index contributed by atoms with van der Waals surface area (Å²) in [5.74, 6) is -0.333. The van der Waals surface area contributed by atoms with E-state index in [-0.39, 0.29) is 31.4 Å². The molecular formula is C24H24N2O5S. The number of ketones is 1. The molecule has 8 heteroatoms. The van der Waals surface area contributed by atoms with Gasteiger partial charge >= 0.3 is 5.97 Å². The molecule has 32 heavy (non-hydrogen) atoms. The summed E-state index contributed by atoms with van der Waals surface area (Å²) in [6.45, 7) is 5.25. The molecule has 0 aliphatic rings. The molecule has 0 saturated carbocycles. The van der Waals surface area contributed by atoms with Crippen molar-refractivity contribution in [3.05, 3.63) is 76.3 Å². The number of ether oxygens (including phenoxy) is 2. The minimum atomic E-state index is -0.456. The predicted octanol–water partition coefficient (Wildman–Crippen LogP) is 4.44. The first-order chi connectivity index (χ1) is 15.4. The first-order valence-corrected chi connectivity index (χ1v) is 10.9. The summed E-state index contributed by atoms with van der Waals surface area (Å²) in [6, 6.07) is 16.1. The van der Waals surface area contributed by atoms with Crippen LogP contribution in [0.4, 0.5) is 5.13 Å². The lowest BCUT2D eigenvalue weighted by Crippen LogP contribution is -2.34. The van der Waals surface area contributed by atoms with Crippen LogP contribution < -0.4 is 9.64 Å². The number of esters is 1. The highest BCUT2D eigenvalue weighted by Crippen LogP contribution is 2.28. The van der Waals surface area contributed by atoms with E-state index in [1.807, 2.05) is 30.3 Å². The molecule has 0 unspecified atom stereocenters. The highest BCUT2D eigenvalue weighted by molar-refractivity contribution is 7.17. The molecule has 1 heterocycles. The van der Waals surface area contributed by atoms with Crippen molar-refractivity contribution in [2.75, 3.05) is 18.1 Å². The van der Waals surface area contributed by atoms with Crippen molar-refractivity contribution in [3.63, 3.8) is 0 Å². The number of nitrogens with zero attached hydrogens (tertiary/aromatic N) is 2. The Labute approximate surface area is 190 Å². The van der Waals surface area contributed by atoms with Gasteiger partial charge in [0.2, 0.25) is 0 Å². The maximum absolute atomic E-state index is 13.1. The lowest BCUT2D eigenvalue weighted by Gasteiger charge is -2.20. The van der Waals surface area contributed by atoms with Crippen LogP contribution in [0.15, 0.2) is 54.6 Å². The van der Waals surface area contributed by atoms with Gasteiger partial charge in [0.25, 0.3) is 5.91 Å². The summed E-state index contributed by atoms with van der Waals surface area (Å²) in [7, 11) is 0. The maximum Gasteiger partial charge on any atom is 0.350 e. The summed E-state index contributed by atoms with van der Waals surface area (Å²) in [4.78, 5) is 43.1. The Balaban J connectivity index is 1.81. The fraction of sp³-hybridized carbons (Fsp3) is 0.250. The Morgan fingerprint density at radius 2 is 1.72 bits per heavy atom. The Bertz CT molecular complexity index is 1090. The topological polar surface area (TPSA) is 85.8 Å². The number of benzene rings is 2. The third kappa shape index (κ3) is 5.79. The molecule has 1 amide bonds. The number of carbonyl (C=O) groups is 3. The van der Waals surface area contributed by atoms with Crippen molar-refractivity contribution < 1.29 is 23.9 Å². The highest BCUT2D eigenvalue weighted by atomic mass is 32.1. The highest BCUT2D eigenvalue weighted by Gasteiger charge is 2.24. The van der Waals surface area contributed by atoms with Crippen LogP contribution in [0.25, 0.3) is 0 Å². The van der Waals surface area contributed by atoms with E-state index in [0.29, 0.717) is 27.0 Å². The van der Waals surface area contributed by atoms with Crippen LogP contribution in [0.5, 0.6) is 5.75 Å². The smallest absolute Gasteiger partial charge is 0.350 e. The minimum absolute atomic E-state index is 0.0433. The Morgan fingerprint density at radius 1 is 1.03 bits per heavy atom. The lowest BCUT2D eigenvalue weighted by molar-refractivity contribution is -0.120. The number of carbonyl (C=O) groups excluding carboxylic acids is 3. The molecule has 1 aromatic heterocycles. The SMILES string of the molecule is CCOC(=O)c1sc(N(Cc2ccccc2)C(=O)COc2ccc(C(C)=O)cc2)nc1C. The number of thiazole rings is 1. The fourth-order valence-electron chi connectivity index (χ4n) is 2.92. The van der Waals surface area contributed by atoms with Gasteiger partial charge in [0, 0.05) is 5.56 Å². The van der Waals surface area contributed by atoms with Gasteiger partial charge < -0.3 is 9.47 Å². The summed E-state index contributed by atoms with van der Waals surface area (Å²) >= 11 is 1.12.